The standard InChI is InChI=1S/C23H23N5O3S2/c1-15-19(5-4-8-24-15)31-20-10-18(33-21-6-2-3-7-25-21)11-26-22(20)28-23-27-17(14-32-23)9-16(12-29)13-30/h2-8,10-11,14,16,29-30H,9,12-13H2,1H3,(H,26,27,28). The van der Waals surface area contributed by atoms with Crippen LogP contribution >= 0.6 is 23.1 Å². The Labute approximate surface area is 199 Å². The maximum Gasteiger partial charge on any atom is 0.188 e. The van der Waals surface area contributed by atoms with Crippen LogP contribution < -0.4 is 10.1 Å². The molecule has 4 heterocycles. The van der Waals surface area contributed by atoms with Crippen LogP contribution in [0.1, 0.15) is 11.4 Å². The lowest BCUT2D eigenvalue weighted by Gasteiger charge is -2.13. The first-order valence-corrected chi connectivity index (χ1v) is 12.0. The van der Waals surface area contributed by atoms with Crippen molar-refractivity contribution in [3.63, 3.8) is 0 Å². The number of thiazole rings is 1. The number of hydrogen-bond acceptors (Lipinski definition) is 10. The predicted octanol–water partition coefficient (Wildman–Crippen LogP) is 4.47. The molecule has 4 aromatic heterocycles. The van der Waals surface area contributed by atoms with Crippen LogP contribution in [0.5, 0.6) is 11.5 Å². The van der Waals surface area contributed by atoms with Gasteiger partial charge in [-0.3, -0.25) is 4.98 Å². The highest BCUT2D eigenvalue weighted by Crippen LogP contribution is 2.36. The smallest absolute Gasteiger partial charge is 0.188 e. The summed E-state index contributed by atoms with van der Waals surface area (Å²) in [5, 5.41) is 25.3. The van der Waals surface area contributed by atoms with E-state index in [0.29, 0.717) is 28.9 Å². The minimum Gasteiger partial charge on any atom is -0.452 e. The summed E-state index contributed by atoms with van der Waals surface area (Å²) < 4.78 is 6.19. The topological polar surface area (TPSA) is 113 Å². The fraction of sp³-hybridized carbons (Fsp3) is 0.217. The van der Waals surface area contributed by atoms with Crippen molar-refractivity contribution in [2.75, 3.05) is 18.5 Å². The third-order valence-electron chi connectivity index (χ3n) is 4.66. The average Bonchev–Trinajstić information content (AvgIpc) is 3.28. The third-order valence-corrected chi connectivity index (χ3v) is 6.37. The highest BCUT2D eigenvalue weighted by Gasteiger charge is 2.15. The minimum atomic E-state index is -0.228. The molecular weight excluding hydrogens is 458 g/mol. The van der Waals surface area contributed by atoms with E-state index in [9.17, 15) is 10.2 Å². The number of nitrogens with zero attached hydrogens (tertiary/aromatic N) is 4. The van der Waals surface area contributed by atoms with Crippen LogP contribution in [0, 0.1) is 12.8 Å². The van der Waals surface area contributed by atoms with Gasteiger partial charge in [-0.05, 0) is 37.6 Å². The lowest BCUT2D eigenvalue weighted by molar-refractivity contribution is 0.149. The van der Waals surface area contributed by atoms with Gasteiger partial charge in [-0.15, -0.1) is 11.3 Å². The summed E-state index contributed by atoms with van der Waals surface area (Å²) in [6.07, 6.45) is 5.72. The van der Waals surface area contributed by atoms with Gasteiger partial charge in [0.1, 0.15) is 10.8 Å². The number of aromatic nitrogens is 4. The van der Waals surface area contributed by atoms with Crippen LogP contribution in [0.15, 0.2) is 70.3 Å². The van der Waals surface area contributed by atoms with Crippen molar-refractivity contribution in [3.05, 3.63) is 71.8 Å². The van der Waals surface area contributed by atoms with Gasteiger partial charge in [-0.2, -0.15) is 0 Å². The Balaban J connectivity index is 1.59. The molecule has 4 rings (SSSR count). The molecule has 0 aliphatic rings. The van der Waals surface area contributed by atoms with E-state index in [4.69, 9.17) is 4.74 Å². The lowest BCUT2D eigenvalue weighted by atomic mass is 10.1. The van der Waals surface area contributed by atoms with Gasteiger partial charge in [0.15, 0.2) is 16.7 Å². The minimum absolute atomic E-state index is 0.0871. The van der Waals surface area contributed by atoms with Gasteiger partial charge in [0.25, 0.3) is 0 Å². The van der Waals surface area contributed by atoms with Crippen LogP contribution in [0.3, 0.4) is 0 Å². The van der Waals surface area contributed by atoms with Gasteiger partial charge in [0, 0.05) is 54.1 Å². The van der Waals surface area contributed by atoms with E-state index >= 15 is 0 Å². The maximum atomic E-state index is 9.32. The molecule has 0 radical (unpaired) electrons. The molecule has 170 valence electrons. The fourth-order valence-corrected chi connectivity index (χ4v) is 4.42. The zero-order valence-corrected chi connectivity index (χ0v) is 19.5. The molecule has 3 N–H and O–H groups in total. The van der Waals surface area contributed by atoms with Gasteiger partial charge in [0.05, 0.1) is 11.4 Å². The SMILES string of the molecule is Cc1ncccc1Oc1cc(Sc2ccccn2)cnc1Nc1nc(CC(CO)CO)cs1. The Bertz CT molecular complexity index is 1190. The summed E-state index contributed by atoms with van der Waals surface area (Å²) in [6, 6.07) is 11.3. The zero-order valence-electron chi connectivity index (χ0n) is 17.9. The largest absolute Gasteiger partial charge is 0.452 e. The van der Waals surface area contributed by atoms with Crippen LogP contribution in [0.4, 0.5) is 10.9 Å². The Morgan fingerprint density at radius 2 is 1.91 bits per heavy atom. The van der Waals surface area contributed by atoms with Crippen molar-refractivity contribution in [2.24, 2.45) is 5.92 Å². The quantitative estimate of drug-likeness (QED) is 0.302. The van der Waals surface area contributed by atoms with E-state index in [0.717, 1.165) is 21.3 Å². The van der Waals surface area contributed by atoms with Gasteiger partial charge in [0.2, 0.25) is 0 Å². The van der Waals surface area contributed by atoms with Crippen molar-refractivity contribution in [2.45, 2.75) is 23.3 Å². The highest BCUT2D eigenvalue weighted by atomic mass is 32.2. The Hall–Kier alpha value is -3.05. The summed E-state index contributed by atoms with van der Waals surface area (Å²) in [4.78, 5) is 18.7. The predicted molar refractivity (Wildman–Crippen MR) is 128 cm³/mol. The van der Waals surface area contributed by atoms with E-state index in [2.05, 4.69) is 25.3 Å². The van der Waals surface area contributed by atoms with Crippen LogP contribution in [0.25, 0.3) is 0 Å². The average molecular weight is 482 g/mol. The molecule has 10 heteroatoms. The fourth-order valence-electron chi connectivity index (χ4n) is 2.92. The molecule has 0 atom stereocenters. The summed E-state index contributed by atoms with van der Waals surface area (Å²) in [5.74, 6) is 1.46. The first kappa shape index (κ1) is 23.1. The third kappa shape index (κ3) is 6.26. The number of hydrogen-bond donors (Lipinski definition) is 3. The number of pyridine rings is 3. The normalized spacial score (nSPS) is 11.0. The molecule has 33 heavy (non-hydrogen) atoms. The monoisotopic (exact) mass is 481 g/mol. The van der Waals surface area contributed by atoms with Crippen LogP contribution in [0.2, 0.25) is 0 Å². The summed E-state index contributed by atoms with van der Waals surface area (Å²) in [5.41, 5.74) is 1.56. The Morgan fingerprint density at radius 3 is 2.67 bits per heavy atom. The van der Waals surface area contributed by atoms with Crippen molar-refractivity contribution in [1.82, 2.24) is 19.9 Å². The van der Waals surface area contributed by atoms with Gasteiger partial charge in [-0.25, -0.2) is 15.0 Å². The maximum absolute atomic E-state index is 9.32. The molecule has 0 aliphatic carbocycles. The lowest BCUT2D eigenvalue weighted by Crippen LogP contribution is -2.14. The molecule has 0 aromatic carbocycles. The van der Waals surface area contributed by atoms with E-state index in [1.54, 1.807) is 18.6 Å². The molecule has 0 saturated heterocycles. The molecule has 0 amide bonds. The number of rotatable bonds is 10. The van der Waals surface area contributed by atoms with E-state index in [1.165, 1.54) is 23.1 Å². The molecule has 0 aliphatic heterocycles. The Kier molecular flexibility index (Phi) is 7.84. The second-order valence-electron chi connectivity index (χ2n) is 7.18. The molecule has 0 fully saturated rings. The highest BCUT2D eigenvalue weighted by molar-refractivity contribution is 7.99. The van der Waals surface area contributed by atoms with Crippen molar-refractivity contribution < 1.29 is 14.9 Å². The van der Waals surface area contributed by atoms with E-state index in [1.807, 2.05) is 48.7 Å². The van der Waals surface area contributed by atoms with Crippen molar-refractivity contribution >= 4 is 34.0 Å². The summed E-state index contributed by atoms with van der Waals surface area (Å²) in [6.45, 7) is 1.71. The molecular formula is C23H23N5O3S2. The van der Waals surface area contributed by atoms with Gasteiger partial charge in [-0.1, -0.05) is 17.8 Å². The molecule has 8 nitrogen and oxygen atoms in total. The second-order valence-corrected chi connectivity index (χ2v) is 9.13. The number of aliphatic hydroxyl groups is 2. The summed E-state index contributed by atoms with van der Waals surface area (Å²) in [7, 11) is 0. The van der Waals surface area contributed by atoms with Crippen molar-refractivity contribution in [1.29, 1.82) is 0 Å². The second kappa shape index (κ2) is 11.2. The number of aryl methyl sites for hydroxylation is 1. The molecule has 0 spiro atoms. The summed E-state index contributed by atoms with van der Waals surface area (Å²) >= 11 is 2.91. The molecule has 0 saturated carbocycles. The molecule has 4 aromatic rings. The number of aliphatic hydroxyl groups excluding tert-OH is 2. The Morgan fingerprint density at radius 1 is 1.06 bits per heavy atom. The van der Waals surface area contributed by atoms with Gasteiger partial charge >= 0.3 is 0 Å². The van der Waals surface area contributed by atoms with Gasteiger partial charge < -0.3 is 20.3 Å². The molecule has 0 unspecified atom stereocenters. The van der Waals surface area contributed by atoms with E-state index in [-0.39, 0.29) is 19.1 Å². The first-order valence-electron chi connectivity index (χ1n) is 10.3. The zero-order chi connectivity index (χ0) is 23.0. The number of nitrogens with one attached hydrogen (secondary N) is 1. The molecule has 0 bridgehead atoms. The van der Waals surface area contributed by atoms with Crippen molar-refractivity contribution in [3.8, 4) is 11.5 Å². The number of ether oxygens (including phenoxy) is 1. The van der Waals surface area contributed by atoms with Crippen LogP contribution in [-0.4, -0.2) is 43.4 Å². The number of anilines is 2. The van der Waals surface area contributed by atoms with Crippen LogP contribution in [-0.2, 0) is 6.42 Å². The first-order chi connectivity index (χ1) is 16.1. The van der Waals surface area contributed by atoms with E-state index < -0.39 is 0 Å².